The summed E-state index contributed by atoms with van der Waals surface area (Å²) in [6, 6.07) is 3.66. The van der Waals surface area contributed by atoms with Crippen molar-refractivity contribution in [3.8, 4) is 0 Å². The lowest BCUT2D eigenvalue weighted by Crippen LogP contribution is -2.55. The number of nitrogens with zero attached hydrogens (tertiary/aromatic N) is 3. The van der Waals surface area contributed by atoms with Crippen LogP contribution in [0.5, 0.6) is 0 Å². The average Bonchev–Trinajstić information content (AvgIpc) is 2.95. The van der Waals surface area contributed by atoms with Crippen molar-refractivity contribution in [3.05, 3.63) is 28.8 Å². The van der Waals surface area contributed by atoms with Gasteiger partial charge in [-0.3, -0.25) is 9.69 Å². The first kappa shape index (κ1) is 22.2. The van der Waals surface area contributed by atoms with Crippen LogP contribution in [0.2, 0.25) is 0 Å². The summed E-state index contributed by atoms with van der Waals surface area (Å²) >= 11 is 0. The molecule has 1 atom stereocenters. The summed E-state index contributed by atoms with van der Waals surface area (Å²) in [4.78, 5) is 17.5. The molecule has 1 aromatic rings. The molecule has 6 nitrogen and oxygen atoms in total. The minimum Gasteiger partial charge on any atom is -0.341 e. The molecule has 7 heteroatoms. The Labute approximate surface area is 175 Å². The predicted octanol–water partition coefficient (Wildman–Crippen LogP) is 2.71. The van der Waals surface area contributed by atoms with Crippen LogP contribution in [0.25, 0.3) is 0 Å². The molecule has 2 heterocycles. The summed E-state index contributed by atoms with van der Waals surface area (Å²) in [5.74, 6) is 0.188. The van der Waals surface area contributed by atoms with E-state index >= 15 is 0 Å². The molecule has 2 fully saturated rings. The van der Waals surface area contributed by atoms with Crippen LogP contribution in [0.4, 0.5) is 0 Å². The van der Waals surface area contributed by atoms with Gasteiger partial charge in [-0.25, -0.2) is 8.42 Å². The number of amides is 1. The summed E-state index contributed by atoms with van der Waals surface area (Å²) in [6.07, 6.45) is 4.57. The number of hydrogen-bond acceptors (Lipinski definition) is 4. The molecule has 1 amide bonds. The summed E-state index contributed by atoms with van der Waals surface area (Å²) in [7, 11) is -3.52. The van der Waals surface area contributed by atoms with Crippen molar-refractivity contribution < 1.29 is 13.2 Å². The second-order valence-corrected chi connectivity index (χ2v) is 10.5. The topological polar surface area (TPSA) is 60.9 Å². The van der Waals surface area contributed by atoms with Crippen LogP contribution in [-0.2, 0) is 14.8 Å². The molecule has 162 valence electrons. The number of carbonyl (C=O) groups is 1. The van der Waals surface area contributed by atoms with Gasteiger partial charge in [0.25, 0.3) is 0 Å². The van der Waals surface area contributed by atoms with Gasteiger partial charge < -0.3 is 4.90 Å². The number of piperazine rings is 1. The summed E-state index contributed by atoms with van der Waals surface area (Å²) in [5, 5.41) is 0. The minimum absolute atomic E-state index is 0.188. The third-order valence-electron chi connectivity index (χ3n) is 6.30. The van der Waals surface area contributed by atoms with Crippen LogP contribution in [0, 0.1) is 20.8 Å². The van der Waals surface area contributed by atoms with Gasteiger partial charge in [-0.15, -0.1) is 0 Å². The molecular weight excluding hydrogens is 386 g/mol. The maximum atomic E-state index is 13.3. The zero-order valence-electron chi connectivity index (χ0n) is 18.3. The van der Waals surface area contributed by atoms with E-state index in [-0.39, 0.29) is 11.9 Å². The molecule has 0 unspecified atom stereocenters. The van der Waals surface area contributed by atoms with Gasteiger partial charge in [0.1, 0.15) is 0 Å². The van der Waals surface area contributed by atoms with Gasteiger partial charge >= 0.3 is 0 Å². The molecule has 2 aliphatic rings. The van der Waals surface area contributed by atoms with E-state index in [1.54, 1.807) is 4.31 Å². The highest BCUT2D eigenvalue weighted by Gasteiger charge is 2.34. The largest absolute Gasteiger partial charge is 0.341 e. The Bertz CT molecular complexity index is 814. The van der Waals surface area contributed by atoms with E-state index in [9.17, 15) is 13.2 Å². The Kier molecular flexibility index (Phi) is 7.02. The van der Waals surface area contributed by atoms with Crippen LogP contribution < -0.4 is 0 Å². The Morgan fingerprint density at radius 1 is 0.862 bits per heavy atom. The van der Waals surface area contributed by atoms with E-state index in [0.29, 0.717) is 31.1 Å². The monoisotopic (exact) mass is 421 g/mol. The number of sulfonamides is 1. The van der Waals surface area contributed by atoms with Crippen molar-refractivity contribution in [2.75, 3.05) is 39.3 Å². The smallest absolute Gasteiger partial charge is 0.243 e. The number of hydrogen-bond donors (Lipinski definition) is 0. The maximum absolute atomic E-state index is 13.3. The van der Waals surface area contributed by atoms with Gasteiger partial charge in [0.2, 0.25) is 15.9 Å². The average molecular weight is 422 g/mol. The van der Waals surface area contributed by atoms with Gasteiger partial charge in [-0.1, -0.05) is 30.5 Å². The molecule has 0 N–H and O–H groups in total. The van der Waals surface area contributed by atoms with E-state index in [1.807, 2.05) is 44.7 Å². The van der Waals surface area contributed by atoms with Crippen molar-refractivity contribution >= 4 is 15.9 Å². The fourth-order valence-electron chi connectivity index (χ4n) is 4.75. The maximum Gasteiger partial charge on any atom is 0.243 e. The number of aryl methyl sites for hydroxylation is 3. The van der Waals surface area contributed by atoms with Gasteiger partial charge in [0, 0.05) is 39.3 Å². The highest BCUT2D eigenvalue weighted by molar-refractivity contribution is 7.89. The van der Waals surface area contributed by atoms with E-state index in [2.05, 4.69) is 4.90 Å². The highest BCUT2D eigenvalue weighted by Crippen LogP contribution is 2.26. The number of likely N-dealkylation sites (tertiary alicyclic amines) is 1. The van der Waals surface area contributed by atoms with Crippen LogP contribution in [0.1, 0.15) is 49.3 Å². The Hall–Kier alpha value is -1.44. The van der Waals surface area contributed by atoms with E-state index < -0.39 is 10.0 Å². The fourth-order valence-corrected chi connectivity index (χ4v) is 6.58. The molecule has 3 rings (SSSR count). The molecular formula is C22H35N3O3S. The van der Waals surface area contributed by atoms with Crippen LogP contribution in [0.3, 0.4) is 0 Å². The molecule has 0 bridgehead atoms. The highest BCUT2D eigenvalue weighted by atomic mass is 32.2. The molecule has 0 saturated carbocycles. The van der Waals surface area contributed by atoms with Gasteiger partial charge in [-0.05, 0) is 51.7 Å². The molecule has 0 radical (unpaired) electrons. The normalized spacial score (nSPS) is 21.0. The zero-order valence-corrected chi connectivity index (χ0v) is 19.1. The van der Waals surface area contributed by atoms with Gasteiger partial charge in [0.05, 0.1) is 10.9 Å². The first-order chi connectivity index (χ1) is 13.7. The number of rotatable bonds is 4. The minimum atomic E-state index is -3.52. The van der Waals surface area contributed by atoms with Crippen molar-refractivity contribution in [1.82, 2.24) is 14.1 Å². The summed E-state index contributed by atoms with van der Waals surface area (Å²) < 4.78 is 28.1. The Balaban J connectivity index is 1.66. The quantitative estimate of drug-likeness (QED) is 0.750. The lowest BCUT2D eigenvalue weighted by Gasteiger charge is -2.38. The lowest BCUT2D eigenvalue weighted by molar-refractivity contribution is -0.136. The summed E-state index contributed by atoms with van der Waals surface area (Å²) in [5.41, 5.74) is 2.67. The lowest BCUT2D eigenvalue weighted by atomic mass is 10.1. The number of benzene rings is 1. The molecule has 0 spiro atoms. The third kappa shape index (κ3) is 4.84. The molecule has 0 aliphatic carbocycles. The van der Waals surface area contributed by atoms with Crippen LogP contribution >= 0.6 is 0 Å². The van der Waals surface area contributed by atoms with Crippen molar-refractivity contribution in [2.45, 2.75) is 64.3 Å². The third-order valence-corrected chi connectivity index (χ3v) is 8.50. The molecule has 1 aromatic carbocycles. The molecule has 2 saturated heterocycles. The molecule has 2 aliphatic heterocycles. The van der Waals surface area contributed by atoms with Gasteiger partial charge in [-0.2, -0.15) is 4.31 Å². The van der Waals surface area contributed by atoms with E-state index in [0.717, 1.165) is 42.6 Å². The van der Waals surface area contributed by atoms with Gasteiger partial charge in [0.15, 0.2) is 0 Å². The Morgan fingerprint density at radius 2 is 1.38 bits per heavy atom. The summed E-state index contributed by atoms with van der Waals surface area (Å²) in [6.45, 7) is 11.4. The predicted molar refractivity (Wildman–Crippen MR) is 115 cm³/mol. The first-order valence-electron chi connectivity index (χ1n) is 10.8. The van der Waals surface area contributed by atoms with Crippen molar-refractivity contribution in [1.29, 1.82) is 0 Å². The SMILES string of the molecule is Cc1cc(C)c(S(=O)(=O)N2CCN([C@H](C)C(=O)N3CCCCCC3)CC2)c(C)c1. The van der Waals surface area contributed by atoms with Crippen molar-refractivity contribution in [2.24, 2.45) is 0 Å². The van der Waals surface area contributed by atoms with Crippen LogP contribution in [0.15, 0.2) is 17.0 Å². The van der Waals surface area contributed by atoms with E-state index in [1.165, 1.54) is 12.8 Å². The van der Waals surface area contributed by atoms with Crippen molar-refractivity contribution in [3.63, 3.8) is 0 Å². The zero-order chi connectivity index (χ0) is 21.2. The number of carbonyl (C=O) groups excluding carboxylic acids is 1. The molecule has 0 aromatic heterocycles. The van der Waals surface area contributed by atoms with E-state index in [4.69, 9.17) is 0 Å². The van der Waals surface area contributed by atoms with Crippen LogP contribution in [-0.4, -0.2) is 73.7 Å². The molecule has 29 heavy (non-hydrogen) atoms. The first-order valence-corrected chi connectivity index (χ1v) is 12.3. The standard InChI is InChI=1S/C22H35N3O3S/c1-17-15-18(2)21(19(3)16-17)29(27,28)25-13-11-23(12-14-25)20(4)22(26)24-9-7-5-6-8-10-24/h15-16,20H,5-14H2,1-4H3/t20-/m1/s1. The fraction of sp³-hybridized carbons (Fsp3) is 0.682. The second-order valence-electron chi connectivity index (χ2n) is 8.58. The Morgan fingerprint density at radius 3 is 1.90 bits per heavy atom. The second kappa shape index (κ2) is 9.14.